The number of aryl methyl sites for hydroxylation is 1. The van der Waals surface area contributed by atoms with Crippen molar-refractivity contribution >= 4 is 5.82 Å². The third-order valence-electron chi connectivity index (χ3n) is 4.16. The number of H-pyrrole nitrogens is 1. The third-order valence-corrected chi connectivity index (χ3v) is 4.16. The van der Waals surface area contributed by atoms with Crippen molar-refractivity contribution in [1.29, 1.82) is 0 Å². The maximum atomic E-state index is 5.98. The van der Waals surface area contributed by atoms with E-state index in [1.165, 1.54) is 16.7 Å². The van der Waals surface area contributed by atoms with E-state index in [0.29, 0.717) is 0 Å². The Morgan fingerprint density at radius 2 is 2.10 bits per heavy atom. The smallest absolute Gasteiger partial charge is 0.153 e. The zero-order chi connectivity index (χ0) is 14.1. The first kappa shape index (κ1) is 13.2. The van der Waals surface area contributed by atoms with Gasteiger partial charge in [0.15, 0.2) is 5.82 Å². The van der Waals surface area contributed by atoms with Crippen molar-refractivity contribution < 1.29 is 0 Å². The summed E-state index contributed by atoms with van der Waals surface area (Å²) in [6.45, 7) is 6.21. The zero-order valence-electron chi connectivity index (χ0n) is 12.2. The van der Waals surface area contributed by atoms with Crippen LogP contribution in [0.3, 0.4) is 0 Å². The molecule has 0 aliphatic carbocycles. The predicted molar refractivity (Wildman–Crippen MR) is 82.9 cm³/mol. The molecule has 0 radical (unpaired) electrons. The average molecular weight is 270 g/mol. The number of benzene rings is 1. The molecule has 3 N–H and O–H groups in total. The molecule has 20 heavy (non-hydrogen) atoms. The molecule has 1 aliphatic heterocycles. The molecule has 4 nitrogen and oxygen atoms in total. The van der Waals surface area contributed by atoms with Crippen molar-refractivity contribution in [2.45, 2.75) is 32.7 Å². The number of nitrogens with zero attached hydrogens (tertiary/aromatic N) is 2. The van der Waals surface area contributed by atoms with E-state index in [4.69, 9.17) is 5.73 Å². The lowest BCUT2D eigenvalue weighted by Gasteiger charge is -2.15. The lowest BCUT2D eigenvalue weighted by Crippen LogP contribution is -2.26. The summed E-state index contributed by atoms with van der Waals surface area (Å²) in [5.41, 5.74) is 10.9. The third kappa shape index (κ3) is 2.31. The second-order valence-electron chi connectivity index (χ2n) is 5.59. The number of rotatable bonds is 3. The van der Waals surface area contributed by atoms with Crippen molar-refractivity contribution in [3.05, 3.63) is 35.4 Å². The summed E-state index contributed by atoms with van der Waals surface area (Å²) in [7, 11) is 0. The highest BCUT2D eigenvalue weighted by atomic mass is 15.3. The highest BCUT2D eigenvalue weighted by molar-refractivity contribution is 5.69. The van der Waals surface area contributed by atoms with Crippen LogP contribution in [0.4, 0.5) is 5.82 Å². The second-order valence-corrected chi connectivity index (χ2v) is 5.59. The molecule has 1 aromatic carbocycles. The molecule has 1 aromatic heterocycles. The Bertz CT molecular complexity index is 585. The number of nitrogens with two attached hydrogens (primary N) is 1. The summed E-state index contributed by atoms with van der Waals surface area (Å²) < 4.78 is 0. The SMILES string of the molecule is CCc1ccc(-c2[nH]nc(N3CCC(N)C3)c2C)cc1. The molecular formula is C16H22N4. The summed E-state index contributed by atoms with van der Waals surface area (Å²) in [6.07, 6.45) is 2.12. The van der Waals surface area contributed by atoms with Gasteiger partial charge in [-0.25, -0.2) is 0 Å². The lowest BCUT2D eigenvalue weighted by atomic mass is 10.1. The fourth-order valence-corrected chi connectivity index (χ4v) is 2.86. The number of aromatic nitrogens is 2. The fourth-order valence-electron chi connectivity index (χ4n) is 2.86. The monoisotopic (exact) mass is 270 g/mol. The summed E-state index contributed by atoms with van der Waals surface area (Å²) in [6, 6.07) is 8.97. The van der Waals surface area contributed by atoms with E-state index in [1.807, 2.05) is 0 Å². The van der Waals surface area contributed by atoms with Crippen molar-refractivity contribution in [1.82, 2.24) is 10.2 Å². The number of hydrogen-bond acceptors (Lipinski definition) is 3. The van der Waals surface area contributed by atoms with E-state index in [-0.39, 0.29) is 6.04 Å². The van der Waals surface area contributed by atoms with Crippen LogP contribution in [0.25, 0.3) is 11.3 Å². The summed E-state index contributed by atoms with van der Waals surface area (Å²) in [5, 5.41) is 7.68. The van der Waals surface area contributed by atoms with Crippen LogP contribution in [-0.4, -0.2) is 29.3 Å². The molecule has 2 heterocycles. The van der Waals surface area contributed by atoms with Gasteiger partial charge in [-0.3, -0.25) is 5.10 Å². The molecule has 106 valence electrons. The van der Waals surface area contributed by atoms with Gasteiger partial charge in [-0.15, -0.1) is 0 Å². The maximum Gasteiger partial charge on any atom is 0.153 e. The maximum absolute atomic E-state index is 5.98. The van der Waals surface area contributed by atoms with Gasteiger partial charge >= 0.3 is 0 Å². The average Bonchev–Trinajstić information content (AvgIpc) is 3.05. The van der Waals surface area contributed by atoms with Gasteiger partial charge < -0.3 is 10.6 Å². The summed E-state index contributed by atoms with van der Waals surface area (Å²) >= 11 is 0. The van der Waals surface area contributed by atoms with Crippen LogP contribution in [0, 0.1) is 6.92 Å². The Morgan fingerprint density at radius 3 is 2.70 bits per heavy atom. The van der Waals surface area contributed by atoms with Crippen LogP contribution >= 0.6 is 0 Å². The molecule has 0 saturated carbocycles. The Morgan fingerprint density at radius 1 is 1.35 bits per heavy atom. The van der Waals surface area contributed by atoms with Crippen LogP contribution in [0.15, 0.2) is 24.3 Å². The molecule has 2 aromatic rings. The first-order valence-electron chi connectivity index (χ1n) is 7.34. The van der Waals surface area contributed by atoms with Gasteiger partial charge in [0, 0.05) is 24.7 Å². The molecular weight excluding hydrogens is 248 g/mol. The predicted octanol–water partition coefficient (Wildman–Crippen LogP) is 2.48. The zero-order valence-corrected chi connectivity index (χ0v) is 12.2. The van der Waals surface area contributed by atoms with E-state index >= 15 is 0 Å². The van der Waals surface area contributed by atoms with Gasteiger partial charge in [0.25, 0.3) is 0 Å². The van der Waals surface area contributed by atoms with Crippen molar-refractivity contribution in [3.63, 3.8) is 0 Å². The van der Waals surface area contributed by atoms with E-state index in [2.05, 4.69) is 53.2 Å². The van der Waals surface area contributed by atoms with Gasteiger partial charge in [0.2, 0.25) is 0 Å². The second kappa shape index (κ2) is 5.29. The van der Waals surface area contributed by atoms with Gasteiger partial charge in [-0.1, -0.05) is 31.2 Å². The van der Waals surface area contributed by atoms with E-state index in [0.717, 1.165) is 37.4 Å². The van der Waals surface area contributed by atoms with E-state index < -0.39 is 0 Å². The molecule has 0 spiro atoms. The van der Waals surface area contributed by atoms with Crippen molar-refractivity contribution in [2.24, 2.45) is 5.73 Å². The van der Waals surface area contributed by atoms with E-state index in [1.54, 1.807) is 0 Å². The molecule has 1 aliphatic rings. The number of hydrogen-bond donors (Lipinski definition) is 2. The van der Waals surface area contributed by atoms with Crippen LogP contribution in [0.2, 0.25) is 0 Å². The molecule has 1 fully saturated rings. The van der Waals surface area contributed by atoms with Gasteiger partial charge in [-0.2, -0.15) is 5.10 Å². The van der Waals surface area contributed by atoms with Gasteiger partial charge in [0.1, 0.15) is 0 Å². The summed E-state index contributed by atoms with van der Waals surface area (Å²) in [5.74, 6) is 1.05. The number of nitrogens with one attached hydrogen (secondary N) is 1. The van der Waals surface area contributed by atoms with E-state index in [9.17, 15) is 0 Å². The Balaban J connectivity index is 1.89. The van der Waals surface area contributed by atoms with Crippen molar-refractivity contribution in [3.8, 4) is 11.3 Å². The quantitative estimate of drug-likeness (QED) is 0.901. The van der Waals surface area contributed by atoms with Crippen LogP contribution in [-0.2, 0) is 6.42 Å². The Labute approximate surface area is 120 Å². The minimum absolute atomic E-state index is 0.276. The van der Waals surface area contributed by atoms with Crippen molar-refractivity contribution in [2.75, 3.05) is 18.0 Å². The Kier molecular flexibility index (Phi) is 3.49. The highest BCUT2D eigenvalue weighted by Gasteiger charge is 2.23. The number of aromatic amines is 1. The Hall–Kier alpha value is -1.81. The first-order chi connectivity index (χ1) is 9.69. The van der Waals surface area contributed by atoms with Crippen LogP contribution in [0.5, 0.6) is 0 Å². The largest absolute Gasteiger partial charge is 0.353 e. The molecule has 1 unspecified atom stereocenters. The topological polar surface area (TPSA) is 57.9 Å². The van der Waals surface area contributed by atoms with Gasteiger partial charge in [0.05, 0.1) is 5.69 Å². The normalized spacial score (nSPS) is 18.8. The van der Waals surface area contributed by atoms with Crippen LogP contribution in [0.1, 0.15) is 24.5 Å². The molecule has 0 amide bonds. The minimum atomic E-state index is 0.276. The molecule has 0 bridgehead atoms. The fraction of sp³-hybridized carbons (Fsp3) is 0.438. The molecule has 4 heteroatoms. The minimum Gasteiger partial charge on any atom is -0.353 e. The summed E-state index contributed by atoms with van der Waals surface area (Å²) in [4.78, 5) is 2.28. The molecule has 3 rings (SSSR count). The highest BCUT2D eigenvalue weighted by Crippen LogP contribution is 2.29. The number of anilines is 1. The van der Waals surface area contributed by atoms with Gasteiger partial charge in [-0.05, 0) is 30.9 Å². The standard InChI is InChI=1S/C16H22N4/c1-3-12-4-6-13(7-5-12)15-11(2)16(19-18-15)20-9-8-14(17)10-20/h4-7,14H,3,8-10,17H2,1-2H3,(H,18,19). The first-order valence-corrected chi connectivity index (χ1v) is 7.34. The molecule has 1 atom stereocenters. The van der Waals surface area contributed by atoms with Crippen LogP contribution < -0.4 is 10.6 Å². The molecule has 1 saturated heterocycles. The lowest BCUT2D eigenvalue weighted by molar-refractivity contribution is 0.751.